The fraction of sp³-hybridized carbons (Fsp3) is 0.269. The zero-order chi connectivity index (χ0) is 23.6. The lowest BCUT2D eigenvalue weighted by Crippen LogP contribution is -2.48. The Morgan fingerprint density at radius 3 is 2.33 bits per heavy atom. The topological polar surface area (TPSA) is 80.8 Å². The van der Waals surface area contributed by atoms with Crippen molar-refractivity contribution in [3.8, 4) is 11.5 Å². The van der Waals surface area contributed by atoms with Gasteiger partial charge in [-0.05, 0) is 42.3 Å². The van der Waals surface area contributed by atoms with Crippen LogP contribution in [0, 0.1) is 0 Å². The predicted molar refractivity (Wildman–Crippen MR) is 126 cm³/mol. The quantitative estimate of drug-likeness (QED) is 0.515. The van der Waals surface area contributed by atoms with E-state index in [-0.39, 0.29) is 18.2 Å². The summed E-state index contributed by atoms with van der Waals surface area (Å²) in [5.74, 6) is 0.750. The van der Waals surface area contributed by atoms with Crippen molar-refractivity contribution >= 4 is 11.8 Å². The molecule has 7 heteroatoms. The second-order valence-electron chi connectivity index (χ2n) is 7.59. The number of pyridine rings is 1. The normalized spacial score (nSPS) is 11.4. The van der Waals surface area contributed by atoms with Gasteiger partial charge in [0.25, 0.3) is 0 Å². The number of methoxy groups -OCH3 is 2. The zero-order valence-corrected chi connectivity index (χ0v) is 19.2. The van der Waals surface area contributed by atoms with Crippen molar-refractivity contribution in [2.75, 3.05) is 14.2 Å². The molecule has 0 aliphatic rings. The van der Waals surface area contributed by atoms with E-state index in [1.165, 1.54) is 0 Å². The van der Waals surface area contributed by atoms with Crippen molar-refractivity contribution in [2.24, 2.45) is 0 Å². The van der Waals surface area contributed by atoms with Gasteiger partial charge in [-0.25, -0.2) is 0 Å². The van der Waals surface area contributed by atoms with Gasteiger partial charge in [-0.1, -0.05) is 42.5 Å². The molecule has 3 aromatic rings. The largest absolute Gasteiger partial charge is 0.493 e. The Labute approximate surface area is 194 Å². The highest BCUT2D eigenvalue weighted by Gasteiger charge is 2.26. The maximum atomic E-state index is 13.4. The van der Waals surface area contributed by atoms with Crippen molar-refractivity contribution in [3.63, 3.8) is 0 Å². The van der Waals surface area contributed by atoms with Gasteiger partial charge in [-0.3, -0.25) is 14.6 Å². The van der Waals surface area contributed by atoms with Gasteiger partial charge in [0.05, 0.1) is 32.9 Å². The molecule has 0 bridgehead atoms. The minimum atomic E-state index is -0.665. The minimum Gasteiger partial charge on any atom is -0.493 e. The molecule has 0 fully saturated rings. The van der Waals surface area contributed by atoms with Gasteiger partial charge in [0, 0.05) is 12.7 Å². The van der Waals surface area contributed by atoms with E-state index < -0.39 is 6.04 Å². The Balaban J connectivity index is 1.76. The second kappa shape index (κ2) is 11.7. The summed E-state index contributed by atoms with van der Waals surface area (Å²) in [7, 11) is 3.12. The molecule has 2 amide bonds. The third-order valence-corrected chi connectivity index (χ3v) is 5.34. The molecule has 33 heavy (non-hydrogen) atoms. The first-order chi connectivity index (χ1) is 16.0. The fourth-order valence-corrected chi connectivity index (χ4v) is 3.46. The third-order valence-electron chi connectivity index (χ3n) is 5.34. The lowest BCUT2D eigenvalue weighted by atomic mass is 10.1. The summed E-state index contributed by atoms with van der Waals surface area (Å²) in [6.45, 7) is 2.36. The maximum Gasteiger partial charge on any atom is 0.242 e. The molecule has 1 N–H and O–H groups in total. The van der Waals surface area contributed by atoms with Crippen molar-refractivity contribution < 1.29 is 19.1 Å². The second-order valence-corrected chi connectivity index (χ2v) is 7.59. The molecule has 1 unspecified atom stereocenters. The lowest BCUT2D eigenvalue weighted by Gasteiger charge is -2.29. The molecule has 1 atom stereocenters. The van der Waals surface area contributed by atoms with E-state index in [1.54, 1.807) is 44.4 Å². The van der Waals surface area contributed by atoms with Crippen LogP contribution in [0.3, 0.4) is 0 Å². The van der Waals surface area contributed by atoms with Crippen LogP contribution in [-0.4, -0.2) is 42.0 Å². The SMILES string of the molecule is COc1ccc(CC(=O)N(Cc2ccccc2)C(C)C(=O)NCc2ccccn2)cc1OC. The number of nitrogens with zero attached hydrogens (tertiary/aromatic N) is 2. The molecule has 0 spiro atoms. The van der Waals surface area contributed by atoms with Gasteiger partial charge in [0.1, 0.15) is 6.04 Å². The van der Waals surface area contributed by atoms with Crippen molar-refractivity contribution in [1.82, 2.24) is 15.2 Å². The van der Waals surface area contributed by atoms with Crippen LogP contribution in [0.25, 0.3) is 0 Å². The number of benzene rings is 2. The fourth-order valence-electron chi connectivity index (χ4n) is 3.46. The summed E-state index contributed by atoms with van der Waals surface area (Å²) in [4.78, 5) is 32.1. The number of aromatic nitrogens is 1. The number of hydrogen-bond donors (Lipinski definition) is 1. The Hall–Kier alpha value is -3.87. The number of rotatable bonds is 10. The molecule has 0 saturated heterocycles. The average Bonchev–Trinajstić information content (AvgIpc) is 2.86. The van der Waals surface area contributed by atoms with Crippen LogP contribution in [0.15, 0.2) is 72.9 Å². The summed E-state index contributed by atoms with van der Waals surface area (Å²) in [6.07, 6.45) is 1.81. The highest BCUT2D eigenvalue weighted by atomic mass is 16.5. The number of hydrogen-bond acceptors (Lipinski definition) is 5. The Kier molecular flexibility index (Phi) is 8.41. The van der Waals surface area contributed by atoms with E-state index in [9.17, 15) is 9.59 Å². The lowest BCUT2D eigenvalue weighted by molar-refractivity contribution is -0.140. The predicted octanol–water partition coefficient (Wildman–Crippen LogP) is 3.38. The standard InChI is InChI=1S/C26H29N3O4/c1-19(26(31)28-17-22-11-7-8-14-27-22)29(18-20-9-5-4-6-10-20)25(30)16-21-12-13-23(32-2)24(15-21)33-3/h4-15,19H,16-18H2,1-3H3,(H,28,31). The molecule has 3 rings (SSSR count). The van der Waals surface area contributed by atoms with Gasteiger partial charge in [0.15, 0.2) is 11.5 Å². The smallest absolute Gasteiger partial charge is 0.242 e. The number of carbonyl (C=O) groups is 2. The van der Waals surface area contributed by atoms with Crippen LogP contribution < -0.4 is 14.8 Å². The first-order valence-electron chi connectivity index (χ1n) is 10.7. The molecule has 1 aromatic heterocycles. The van der Waals surface area contributed by atoms with E-state index in [0.717, 1.165) is 16.8 Å². The van der Waals surface area contributed by atoms with Gasteiger partial charge >= 0.3 is 0 Å². The van der Waals surface area contributed by atoms with E-state index in [4.69, 9.17) is 9.47 Å². The van der Waals surface area contributed by atoms with E-state index in [1.807, 2.05) is 54.6 Å². The first-order valence-corrected chi connectivity index (χ1v) is 10.7. The summed E-state index contributed by atoms with van der Waals surface area (Å²) in [5, 5.41) is 2.89. The van der Waals surface area contributed by atoms with Gasteiger partial charge < -0.3 is 19.7 Å². The van der Waals surface area contributed by atoms with Crippen molar-refractivity contribution in [1.29, 1.82) is 0 Å². The van der Waals surface area contributed by atoms with Crippen molar-refractivity contribution in [2.45, 2.75) is 32.5 Å². The Morgan fingerprint density at radius 2 is 1.67 bits per heavy atom. The van der Waals surface area contributed by atoms with Crippen LogP contribution in [0.4, 0.5) is 0 Å². The van der Waals surface area contributed by atoms with E-state index in [2.05, 4.69) is 10.3 Å². The highest BCUT2D eigenvalue weighted by molar-refractivity contribution is 5.88. The van der Waals surface area contributed by atoms with Crippen LogP contribution in [0.2, 0.25) is 0 Å². The van der Waals surface area contributed by atoms with Crippen molar-refractivity contribution in [3.05, 3.63) is 89.7 Å². The average molecular weight is 448 g/mol. The number of ether oxygens (including phenoxy) is 2. The van der Waals surface area contributed by atoms with Crippen LogP contribution in [0.1, 0.15) is 23.7 Å². The molecule has 0 saturated carbocycles. The van der Waals surface area contributed by atoms with E-state index in [0.29, 0.717) is 24.6 Å². The molecule has 2 aromatic carbocycles. The Morgan fingerprint density at radius 1 is 0.939 bits per heavy atom. The molecule has 0 aliphatic heterocycles. The molecular formula is C26H29N3O4. The number of nitrogens with one attached hydrogen (secondary N) is 1. The van der Waals surface area contributed by atoms with Gasteiger partial charge in [-0.15, -0.1) is 0 Å². The molecule has 0 aliphatic carbocycles. The molecule has 1 heterocycles. The first kappa shape index (κ1) is 23.8. The number of amides is 2. The van der Waals surface area contributed by atoms with Gasteiger partial charge in [0.2, 0.25) is 11.8 Å². The maximum absolute atomic E-state index is 13.4. The van der Waals surface area contributed by atoms with Crippen LogP contribution >= 0.6 is 0 Å². The van der Waals surface area contributed by atoms with Crippen LogP contribution in [0.5, 0.6) is 11.5 Å². The molecule has 0 radical (unpaired) electrons. The third kappa shape index (κ3) is 6.55. The minimum absolute atomic E-state index is 0.130. The molecule has 172 valence electrons. The van der Waals surface area contributed by atoms with Gasteiger partial charge in [-0.2, -0.15) is 0 Å². The monoisotopic (exact) mass is 447 g/mol. The highest BCUT2D eigenvalue weighted by Crippen LogP contribution is 2.28. The molecular weight excluding hydrogens is 418 g/mol. The zero-order valence-electron chi connectivity index (χ0n) is 19.2. The summed E-state index contributed by atoms with van der Waals surface area (Å²) in [6, 6.07) is 19.9. The summed E-state index contributed by atoms with van der Waals surface area (Å²) >= 11 is 0. The summed E-state index contributed by atoms with van der Waals surface area (Å²) in [5.41, 5.74) is 2.48. The van der Waals surface area contributed by atoms with Crippen LogP contribution in [-0.2, 0) is 29.1 Å². The number of carbonyl (C=O) groups excluding carboxylic acids is 2. The Bertz CT molecular complexity index is 1060. The van der Waals surface area contributed by atoms with E-state index >= 15 is 0 Å². The summed E-state index contributed by atoms with van der Waals surface area (Å²) < 4.78 is 10.6. The molecule has 7 nitrogen and oxygen atoms in total.